The summed E-state index contributed by atoms with van der Waals surface area (Å²) in [5.41, 5.74) is -0.0498. The number of hydrogen-bond acceptors (Lipinski definition) is 3. The summed E-state index contributed by atoms with van der Waals surface area (Å²) < 4.78 is 44.5. The van der Waals surface area contributed by atoms with Crippen LogP contribution in [-0.2, 0) is 6.18 Å². The number of rotatable bonds is 7. The first-order chi connectivity index (χ1) is 13.8. The van der Waals surface area contributed by atoms with Gasteiger partial charge in [0.2, 0.25) is 0 Å². The molecule has 0 atom stereocenters. The number of alkyl halides is 3. The molecule has 156 valence electrons. The highest BCUT2D eigenvalue weighted by molar-refractivity contribution is 5.96. The number of carbonyl (C=O) groups excluding carboxylic acids is 1. The fourth-order valence-electron chi connectivity index (χ4n) is 3.72. The molecule has 6 heteroatoms. The summed E-state index contributed by atoms with van der Waals surface area (Å²) in [6.07, 6.45) is -2.15. The Balaban J connectivity index is 1.46. The van der Waals surface area contributed by atoms with E-state index in [1.807, 2.05) is 30.3 Å². The van der Waals surface area contributed by atoms with Gasteiger partial charge in [-0.25, -0.2) is 0 Å². The first-order valence-electron chi connectivity index (χ1n) is 9.86. The summed E-state index contributed by atoms with van der Waals surface area (Å²) in [5, 5.41) is 0. The van der Waals surface area contributed by atoms with E-state index in [0.717, 1.165) is 37.6 Å². The van der Waals surface area contributed by atoms with Crippen molar-refractivity contribution in [3.05, 3.63) is 65.7 Å². The Morgan fingerprint density at radius 1 is 1.03 bits per heavy atom. The number of piperidine rings is 1. The number of ketones is 1. The van der Waals surface area contributed by atoms with E-state index in [2.05, 4.69) is 11.8 Å². The number of para-hydroxylation sites is 1. The molecule has 1 heterocycles. The Bertz CT molecular complexity index is 812. The third-order valence-electron chi connectivity index (χ3n) is 5.60. The van der Waals surface area contributed by atoms with Gasteiger partial charge in [0.15, 0.2) is 5.78 Å². The molecule has 0 aliphatic carbocycles. The first-order valence-corrected chi connectivity index (χ1v) is 9.86. The summed E-state index contributed by atoms with van der Waals surface area (Å²) in [5.74, 6) is 0.0314. The second-order valence-electron chi connectivity index (χ2n) is 7.96. The highest BCUT2D eigenvalue weighted by Crippen LogP contribution is 2.37. The van der Waals surface area contributed by atoms with Crippen molar-refractivity contribution in [2.75, 3.05) is 26.2 Å². The quantitative estimate of drug-likeness (QED) is 0.573. The molecule has 1 saturated heterocycles. The molecule has 0 spiro atoms. The van der Waals surface area contributed by atoms with Gasteiger partial charge in [0, 0.05) is 18.5 Å². The van der Waals surface area contributed by atoms with E-state index < -0.39 is 11.7 Å². The summed E-state index contributed by atoms with van der Waals surface area (Å²) in [4.78, 5) is 14.7. The maximum absolute atomic E-state index is 13.0. The molecule has 0 unspecified atom stereocenters. The maximum Gasteiger partial charge on any atom is 0.419 e. The molecule has 2 aromatic carbocycles. The van der Waals surface area contributed by atoms with Crippen LogP contribution in [0.15, 0.2) is 54.6 Å². The molecular weight excluding hydrogens is 379 g/mol. The molecular formula is C23H26F3NO2. The maximum atomic E-state index is 13.0. The van der Waals surface area contributed by atoms with Crippen molar-refractivity contribution in [2.45, 2.75) is 32.4 Å². The van der Waals surface area contributed by atoms with Gasteiger partial charge in [0.1, 0.15) is 12.4 Å². The normalized spacial score (nSPS) is 17.1. The van der Waals surface area contributed by atoms with Crippen LogP contribution in [0.1, 0.15) is 42.1 Å². The van der Waals surface area contributed by atoms with Crippen molar-refractivity contribution in [1.82, 2.24) is 4.90 Å². The Hall–Kier alpha value is -2.34. The van der Waals surface area contributed by atoms with Crippen LogP contribution in [0.5, 0.6) is 5.75 Å². The number of halogens is 3. The largest absolute Gasteiger partial charge is 0.492 e. The average molecular weight is 405 g/mol. The zero-order valence-electron chi connectivity index (χ0n) is 16.5. The van der Waals surface area contributed by atoms with Gasteiger partial charge in [0.25, 0.3) is 0 Å². The molecule has 0 radical (unpaired) electrons. The number of carbonyl (C=O) groups is 1. The highest BCUT2D eigenvalue weighted by atomic mass is 19.4. The van der Waals surface area contributed by atoms with E-state index >= 15 is 0 Å². The van der Waals surface area contributed by atoms with E-state index in [1.54, 1.807) is 6.07 Å². The van der Waals surface area contributed by atoms with Crippen LogP contribution >= 0.6 is 0 Å². The van der Waals surface area contributed by atoms with E-state index in [9.17, 15) is 18.0 Å². The van der Waals surface area contributed by atoms with Gasteiger partial charge in [-0.2, -0.15) is 13.2 Å². The number of Topliss-reactive ketones (excluding diaryl/α,β-unsaturated/α-hetero) is 1. The van der Waals surface area contributed by atoms with E-state index in [1.165, 1.54) is 12.1 Å². The first kappa shape index (κ1) is 21.4. The minimum absolute atomic E-state index is 0.0484. The molecule has 2 aromatic rings. The molecule has 0 aromatic heterocycles. The topological polar surface area (TPSA) is 29.5 Å². The zero-order chi connectivity index (χ0) is 20.9. The van der Waals surface area contributed by atoms with Crippen LogP contribution in [-0.4, -0.2) is 36.9 Å². The van der Waals surface area contributed by atoms with Crippen LogP contribution in [0.25, 0.3) is 0 Å². The van der Waals surface area contributed by atoms with Crippen LogP contribution in [0.2, 0.25) is 0 Å². The zero-order valence-corrected chi connectivity index (χ0v) is 16.5. The second-order valence-corrected chi connectivity index (χ2v) is 7.96. The van der Waals surface area contributed by atoms with Crippen LogP contribution in [0.4, 0.5) is 13.2 Å². The standard InChI is InChI=1S/C23H26F3NO2/c1-22(17-20(28)18-7-3-2-4-8-18)11-13-27(14-12-22)15-16-29-21-10-6-5-9-19(21)23(24,25)26/h2-10H,11-17H2,1H3. The van der Waals surface area contributed by atoms with Gasteiger partial charge >= 0.3 is 6.18 Å². The predicted molar refractivity (Wildman–Crippen MR) is 106 cm³/mol. The van der Waals surface area contributed by atoms with Crippen LogP contribution in [0, 0.1) is 5.41 Å². The Morgan fingerprint density at radius 3 is 2.31 bits per heavy atom. The van der Waals surface area contributed by atoms with Crippen molar-refractivity contribution >= 4 is 5.78 Å². The number of benzene rings is 2. The lowest BCUT2D eigenvalue weighted by atomic mass is 9.75. The number of hydrogen-bond donors (Lipinski definition) is 0. The molecule has 3 rings (SSSR count). The predicted octanol–water partition coefficient (Wildman–Crippen LogP) is 5.46. The molecule has 1 aliphatic rings. The molecule has 3 nitrogen and oxygen atoms in total. The van der Waals surface area contributed by atoms with E-state index in [4.69, 9.17) is 4.74 Å². The molecule has 0 bridgehead atoms. The molecule has 0 saturated carbocycles. The minimum atomic E-state index is -4.42. The fourth-order valence-corrected chi connectivity index (χ4v) is 3.72. The molecule has 29 heavy (non-hydrogen) atoms. The molecule has 0 N–H and O–H groups in total. The van der Waals surface area contributed by atoms with Crippen LogP contribution < -0.4 is 4.74 Å². The number of nitrogens with zero attached hydrogens (tertiary/aromatic N) is 1. The molecule has 1 aliphatic heterocycles. The van der Waals surface area contributed by atoms with Gasteiger partial charge in [-0.05, 0) is 43.5 Å². The van der Waals surface area contributed by atoms with E-state index in [-0.39, 0.29) is 23.6 Å². The van der Waals surface area contributed by atoms with E-state index in [0.29, 0.717) is 13.0 Å². The summed E-state index contributed by atoms with van der Waals surface area (Å²) in [6, 6.07) is 14.6. The highest BCUT2D eigenvalue weighted by Gasteiger charge is 2.34. The fraction of sp³-hybridized carbons (Fsp3) is 0.435. The van der Waals surface area contributed by atoms with Gasteiger partial charge in [-0.15, -0.1) is 0 Å². The van der Waals surface area contributed by atoms with Crippen molar-refractivity contribution in [1.29, 1.82) is 0 Å². The second kappa shape index (κ2) is 8.99. The van der Waals surface area contributed by atoms with Crippen molar-refractivity contribution in [3.8, 4) is 5.75 Å². The smallest absolute Gasteiger partial charge is 0.419 e. The van der Waals surface area contributed by atoms with Gasteiger partial charge in [-0.1, -0.05) is 49.4 Å². The summed E-state index contributed by atoms with van der Waals surface area (Å²) in [7, 11) is 0. The number of ether oxygens (including phenoxy) is 1. The Kier molecular flexibility index (Phi) is 6.63. The Morgan fingerprint density at radius 2 is 1.66 bits per heavy atom. The minimum Gasteiger partial charge on any atom is -0.492 e. The SMILES string of the molecule is CC1(CC(=O)c2ccccc2)CCN(CCOc2ccccc2C(F)(F)F)CC1. The van der Waals surface area contributed by atoms with Gasteiger partial charge < -0.3 is 4.74 Å². The van der Waals surface area contributed by atoms with Gasteiger partial charge in [0.05, 0.1) is 5.56 Å². The summed E-state index contributed by atoms with van der Waals surface area (Å²) >= 11 is 0. The van der Waals surface area contributed by atoms with Crippen molar-refractivity contribution < 1.29 is 22.7 Å². The lowest BCUT2D eigenvalue weighted by Gasteiger charge is -2.39. The lowest BCUT2D eigenvalue weighted by Crippen LogP contribution is -2.41. The van der Waals surface area contributed by atoms with Gasteiger partial charge in [-0.3, -0.25) is 9.69 Å². The molecule has 1 fully saturated rings. The lowest BCUT2D eigenvalue weighted by molar-refractivity contribution is -0.139. The monoisotopic (exact) mass is 405 g/mol. The average Bonchev–Trinajstić information content (AvgIpc) is 2.70. The third-order valence-corrected chi connectivity index (χ3v) is 5.60. The number of likely N-dealkylation sites (tertiary alicyclic amines) is 1. The van der Waals surface area contributed by atoms with Crippen molar-refractivity contribution in [3.63, 3.8) is 0 Å². The Labute approximate surface area is 169 Å². The third kappa shape index (κ3) is 5.82. The van der Waals surface area contributed by atoms with Crippen molar-refractivity contribution in [2.24, 2.45) is 5.41 Å². The molecule has 0 amide bonds. The van der Waals surface area contributed by atoms with Crippen LogP contribution in [0.3, 0.4) is 0 Å². The summed E-state index contributed by atoms with van der Waals surface area (Å²) in [6.45, 7) is 4.52.